The van der Waals surface area contributed by atoms with Gasteiger partial charge in [-0.15, -0.1) is 0 Å². The molecule has 0 unspecified atom stereocenters. The van der Waals surface area contributed by atoms with Crippen LogP contribution in [0.25, 0.3) is 10.9 Å². The fourth-order valence-corrected chi connectivity index (χ4v) is 2.66. The van der Waals surface area contributed by atoms with E-state index in [2.05, 4.69) is 10.3 Å². The zero-order valence-corrected chi connectivity index (χ0v) is 10.2. The number of hydrogen-bond acceptors (Lipinski definition) is 2. The molecule has 4 heteroatoms. The molecule has 1 aliphatic rings. The maximum Gasteiger partial charge on any atom is 0.253 e. The lowest BCUT2D eigenvalue weighted by molar-refractivity contribution is 0.0939. The summed E-state index contributed by atoms with van der Waals surface area (Å²) in [4.78, 5) is 15.3. The van der Waals surface area contributed by atoms with E-state index >= 15 is 0 Å². The van der Waals surface area contributed by atoms with Gasteiger partial charge in [0.2, 0.25) is 0 Å². The zero-order valence-electron chi connectivity index (χ0n) is 10.2. The van der Waals surface area contributed by atoms with E-state index in [1.807, 2.05) is 18.2 Å². The molecule has 0 radical (unpaired) electrons. The minimum absolute atomic E-state index is 0.00116. The molecule has 1 heterocycles. The Balaban J connectivity index is 1.88. The first kappa shape index (κ1) is 11.1. The van der Waals surface area contributed by atoms with Gasteiger partial charge >= 0.3 is 0 Å². The number of H-pyrrole nitrogens is 1. The summed E-state index contributed by atoms with van der Waals surface area (Å²) in [6, 6.07) is 5.91. The van der Waals surface area contributed by atoms with Gasteiger partial charge in [-0.05, 0) is 31.0 Å². The van der Waals surface area contributed by atoms with E-state index in [1.54, 1.807) is 6.20 Å². The molecular weight excluding hydrogens is 226 g/mol. The maximum atomic E-state index is 12.2. The Hall–Kier alpha value is -1.97. The molecule has 0 bridgehead atoms. The number of amides is 1. The minimum Gasteiger partial charge on any atom is -0.399 e. The summed E-state index contributed by atoms with van der Waals surface area (Å²) in [5.41, 5.74) is 8.08. The molecule has 1 saturated carbocycles. The minimum atomic E-state index is -0.00116. The molecule has 1 aliphatic carbocycles. The Bertz CT molecular complexity index is 582. The van der Waals surface area contributed by atoms with Gasteiger partial charge in [-0.25, -0.2) is 0 Å². The Labute approximate surface area is 106 Å². The van der Waals surface area contributed by atoms with Crippen LogP contribution in [0.15, 0.2) is 24.4 Å². The third-order valence-corrected chi connectivity index (χ3v) is 3.64. The first-order valence-corrected chi connectivity index (χ1v) is 6.41. The van der Waals surface area contributed by atoms with Gasteiger partial charge in [-0.2, -0.15) is 0 Å². The molecule has 0 atom stereocenters. The lowest BCUT2D eigenvalue weighted by atomic mass is 10.1. The molecule has 4 N–H and O–H groups in total. The van der Waals surface area contributed by atoms with Crippen molar-refractivity contribution in [3.05, 3.63) is 30.0 Å². The van der Waals surface area contributed by atoms with E-state index in [1.165, 1.54) is 12.8 Å². The van der Waals surface area contributed by atoms with Crippen LogP contribution in [-0.4, -0.2) is 16.9 Å². The summed E-state index contributed by atoms with van der Waals surface area (Å²) in [7, 11) is 0. The number of rotatable bonds is 2. The molecule has 1 amide bonds. The predicted octanol–water partition coefficient (Wildman–Crippen LogP) is 2.42. The average Bonchev–Trinajstić information content (AvgIpc) is 2.97. The van der Waals surface area contributed by atoms with Gasteiger partial charge in [0.05, 0.1) is 5.56 Å². The van der Waals surface area contributed by atoms with Crippen LogP contribution in [0.2, 0.25) is 0 Å². The summed E-state index contributed by atoms with van der Waals surface area (Å²) in [6.07, 6.45) is 6.37. The lowest BCUT2D eigenvalue weighted by Gasteiger charge is -2.11. The highest BCUT2D eigenvalue weighted by Gasteiger charge is 2.19. The standard InChI is InChI=1S/C14H17N3O/c15-9-5-6-13-11(7-9)12(8-16-13)14(18)17-10-3-1-2-4-10/h5-8,10,16H,1-4,15H2,(H,17,18). The number of nitrogen functional groups attached to an aromatic ring is 1. The van der Waals surface area contributed by atoms with E-state index in [0.717, 1.165) is 23.7 Å². The quantitative estimate of drug-likeness (QED) is 0.709. The highest BCUT2D eigenvalue weighted by Crippen LogP contribution is 2.22. The van der Waals surface area contributed by atoms with Crippen molar-refractivity contribution in [2.75, 3.05) is 5.73 Å². The Morgan fingerprint density at radius 1 is 1.33 bits per heavy atom. The maximum absolute atomic E-state index is 12.2. The molecule has 0 aliphatic heterocycles. The second-order valence-electron chi connectivity index (χ2n) is 4.96. The number of anilines is 1. The summed E-state index contributed by atoms with van der Waals surface area (Å²) < 4.78 is 0. The number of nitrogens with one attached hydrogen (secondary N) is 2. The molecule has 4 nitrogen and oxygen atoms in total. The van der Waals surface area contributed by atoms with Crippen molar-refractivity contribution in [3.63, 3.8) is 0 Å². The number of fused-ring (bicyclic) bond motifs is 1. The van der Waals surface area contributed by atoms with Crippen LogP contribution in [0.1, 0.15) is 36.0 Å². The Kier molecular flexibility index (Phi) is 2.70. The van der Waals surface area contributed by atoms with Crippen molar-refractivity contribution in [3.8, 4) is 0 Å². The topological polar surface area (TPSA) is 70.9 Å². The largest absolute Gasteiger partial charge is 0.399 e. The summed E-state index contributed by atoms with van der Waals surface area (Å²) in [5.74, 6) is -0.00116. The molecule has 1 fully saturated rings. The normalized spacial score (nSPS) is 16.2. The van der Waals surface area contributed by atoms with Gasteiger partial charge in [-0.1, -0.05) is 12.8 Å². The number of aromatic nitrogens is 1. The predicted molar refractivity (Wildman–Crippen MR) is 72.4 cm³/mol. The van der Waals surface area contributed by atoms with Gasteiger partial charge in [-0.3, -0.25) is 4.79 Å². The molecule has 3 rings (SSSR count). The van der Waals surface area contributed by atoms with Crippen molar-refractivity contribution >= 4 is 22.5 Å². The fourth-order valence-electron chi connectivity index (χ4n) is 2.66. The van der Waals surface area contributed by atoms with Crippen LogP contribution in [-0.2, 0) is 0 Å². The van der Waals surface area contributed by atoms with Gasteiger partial charge in [0.15, 0.2) is 0 Å². The number of benzene rings is 1. The first-order valence-electron chi connectivity index (χ1n) is 6.41. The highest BCUT2D eigenvalue weighted by atomic mass is 16.1. The van der Waals surface area contributed by atoms with Crippen molar-refractivity contribution in [1.29, 1.82) is 0 Å². The summed E-state index contributed by atoms with van der Waals surface area (Å²) in [6.45, 7) is 0. The highest BCUT2D eigenvalue weighted by molar-refractivity contribution is 6.07. The van der Waals surface area contributed by atoms with E-state index in [9.17, 15) is 4.79 Å². The SMILES string of the molecule is Nc1ccc2[nH]cc(C(=O)NC3CCCC3)c2c1. The molecule has 1 aromatic carbocycles. The fraction of sp³-hybridized carbons (Fsp3) is 0.357. The van der Waals surface area contributed by atoms with E-state index < -0.39 is 0 Å². The summed E-state index contributed by atoms with van der Waals surface area (Å²) in [5, 5.41) is 3.99. The van der Waals surface area contributed by atoms with Gasteiger partial charge in [0, 0.05) is 28.8 Å². The third kappa shape index (κ3) is 1.94. The lowest BCUT2D eigenvalue weighted by Crippen LogP contribution is -2.32. The van der Waals surface area contributed by atoms with Crippen LogP contribution in [0.4, 0.5) is 5.69 Å². The number of hydrogen-bond donors (Lipinski definition) is 3. The van der Waals surface area contributed by atoms with Gasteiger partial charge in [0.1, 0.15) is 0 Å². The number of nitrogens with two attached hydrogens (primary N) is 1. The Morgan fingerprint density at radius 3 is 2.89 bits per heavy atom. The molecule has 1 aromatic heterocycles. The second kappa shape index (κ2) is 4.37. The van der Waals surface area contributed by atoms with E-state index in [0.29, 0.717) is 17.3 Å². The zero-order chi connectivity index (χ0) is 12.5. The van der Waals surface area contributed by atoms with Crippen molar-refractivity contribution in [2.24, 2.45) is 0 Å². The molecule has 0 spiro atoms. The second-order valence-corrected chi connectivity index (χ2v) is 4.96. The molecule has 18 heavy (non-hydrogen) atoms. The number of aromatic amines is 1. The number of carbonyl (C=O) groups is 1. The van der Waals surface area contributed by atoms with Crippen molar-refractivity contribution < 1.29 is 4.79 Å². The van der Waals surface area contributed by atoms with Crippen molar-refractivity contribution in [1.82, 2.24) is 10.3 Å². The van der Waals surface area contributed by atoms with Gasteiger partial charge in [0.25, 0.3) is 5.91 Å². The van der Waals surface area contributed by atoms with Crippen LogP contribution in [0, 0.1) is 0 Å². The monoisotopic (exact) mass is 243 g/mol. The summed E-state index contributed by atoms with van der Waals surface area (Å²) >= 11 is 0. The van der Waals surface area contributed by atoms with Crippen LogP contribution in [0.3, 0.4) is 0 Å². The molecule has 0 saturated heterocycles. The molecule has 2 aromatic rings. The van der Waals surface area contributed by atoms with Crippen LogP contribution >= 0.6 is 0 Å². The first-order chi connectivity index (χ1) is 8.74. The van der Waals surface area contributed by atoms with Crippen LogP contribution in [0.5, 0.6) is 0 Å². The molecular formula is C14H17N3O. The Morgan fingerprint density at radius 2 is 2.11 bits per heavy atom. The third-order valence-electron chi connectivity index (χ3n) is 3.64. The van der Waals surface area contributed by atoms with E-state index in [4.69, 9.17) is 5.73 Å². The van der Waals surface area contributed by atoms with Crippen molar-refractivity contribution in [2.45, 2.75) is 31.7 Å². The van der Waals surface area contributed by atoms with Crippen LogP contribution < -0.4 is 11.1 Å². The smallest absolute Gasteiger partial charge is 0.253 e. The molecule has 94 valence electrons. The number of carbonyl (C=O) groups excluding carboxylic acids is 1. The van der Waals surface area contributed by atoms with E-state index in [-0.39, 0.29) is 5.91 Å². The average molecular weight is 243 g/mol. The van der Waals surface area contributed by atoms with Gasteiger partial charge < -0.3 is 16.0 Å².